The zero-order valence-corrected chi connectivity index (χ0v) is 17.6. The average molecular weight is 394 g/mol. The number of hydrogen-bond donors (Lipinski definition) is 1. The van der Waals surface area contributed by atoms with Crippen LogP contribution in [0.15, 0.2) is 35.3 Å². The van der Waals surface area contributed by atoms with E-state index >= 15 is 0 Å². The van der Waals surface area contributed by atoms with E-state index in [9.17, 15) is 0 Å². The van der Waals surface area contributed by atoms with Crippen LogP contribution in [0.2, 0.25) is 0 Å². The summed E-state index contributed by atoms with van der Waals surface area (Å²) in [7, 11) is 4.07. The first-order chi connectivity index (χ1) is 14.1. The van der Waals surface area contributed by atoms with Crippen molar-refractivity contribution in [3.05, 3.63) is 35.9 Å². The van der Waals surface area contributed by atoms with E-state index in [4.69, 9.17) is 14.7 Å². The summed E-state index contributed by atoms with van der Waals surface area (Å²) >= 11 is 0. The Morgan fingerprint density at radius 3 is 2.62 bits per heavy atom. The van der Waals surface area contributed by atoms with Gasteiger partial charge in [-0.05, 0) is 37.5 Å². The number of nitrogens with zero attached hydrogens (tertiary/aromatic N) is 4. The minimum Gasteiger partial charge on any atom is -0.374 e. The first kappa shape index (κ1) is 18.7. The summed E-state index contributed by atoms with van der Waals surface area (Å²) in [5.41, 5.74) is 2.25. The van der Waals surface area contributed by atoms with Crippen LogP contribution in [-0.2, 0) is 11.3 Å². The maximum Gasteiger partial charge on any atom is 0.194 e. The summed E-state index contributed by atoms with van der Waals surface area (Å²) in [5, 5.41) is 4.71. The molecule has 6 heteroatoms. The van der Waals surface area contributed by atoms with Crippen molar-refractivity contribution in [1.82, 2.24) is 15.2 Å². The third kappa shape index (κ3) is 3.33. The van der Waals surface area contributed by atoms with E-state index in [1.807, 2.05) is 20.2 Å². The van der Waals surface area contributed by atoms with Crippen LogP contribution in [0.4, 0.5) is 5.82 Å². The Kier molecular flexibility index (Phi) is 4.82. The molecule has 0 amide bonds. The van der Waals surface area contributed by atoms with Gasteiger partial charge in [-0.2, -0.15) is 0 Å². The van der Waals surface area contributed by atoms with E-state index in [-0.39, 0.29) is 0 Å². The number of benzene rings is 1. The highest BCUT2D eigenvalue weighted by Crippen LogP contribution is 2.47. The quantitative estimate of drug-likeness (QED) is 0.639. The number of guanidine groups is 1. The van der Waals surface area contributed by atoms with Gasteiger partial charge in [-0.15, -0.1) is 0 Å². The molecule has 1 aromatic carbocycles. The molecule has 5 rings (SSSR count). The first-order valence-electron chi connectivity index (χ1n) is 10.9. The molecule has 1 N–H and O–H groups in total. The standard InChI is InChI=1S/C23H31N5O/c1-4-24-23(28-13-17-18(14-28)21-10-9-20(17)29-21)25-12-15-11-22(27(2)3)26-19-8-6-5-7-16(15)19/h5-8,11,17-18,20-21H,4,9-10,12-14H2,1-3H3,(H,24,25). The van der Waals surface area contributed by atoms with Crippen molar-refractivity contribution in [3.8, 4) is 0 Å². The largest absolute Gasteiger partial charge is 0.374 e. The molecular weight excluding hydrogens is 362 g/mol. The van der Waals surface area contributed by atoms with E-state index in [2.05, 4.69) is 46.3 Å². The second-order valence-electron chi connectivity index (χ2n) is 8.74. The molecule has 6 nitrogen and oxygen atoms in total. The highest BCUT2D eigenvalue weighted by molar-refractivity contribution is 5.85. The van der Waals surface area contributed by atoms with E-state index in [0.717, 1.165) is 36.9 Å². The molecule has 0 saturated carbocycles. The Morgan fingerprint density at radius 2 is 1.93 bits per heavy atom. The van der Waals surface area contributed by atoms with Crippen molar-refractivity contribution in [2.45, 2.75) is 38.5 Å². The average Bonchev–Trinajstić information content (AvgIpc) is 3.44. The van der Waals surface area contributed by atoms with Crippen molar-refractivity contribution in [1.29, 1.82) is 0 Å². The molecule has 29 heavy (non-hydrogen) atoms. The molecule has 3 fully saturated rings. The highest BCUT2D eigenvalue weighted by Gasteiger charge is 2.53. The van der Waals surface area contributed by atoms with Gasteiger partial charge >= 0.3 is 0 Å². The van der Waals surface area contributed by atoms with Crippen LogP contribution < -0.4 is 10.2 Å². The number of pyridine rings is 1. The number of rotatable bonds is 4. The monoisotopic (exact) mass is 393 g/mol. The predicted octanol–water partition coefficient (Wildman–Crippen LogP) is 2.88. The van der Waals surface area contributed by atoms with Crippen LogP contribution in [-0.4, -0.2) is 61.8 Å². The van der Waals surface area contributed by atoms with Crippen molar-refractivity contribution in [2.24, 2.45) is 16.8 Å². The zero-order chi connectivity index (χ0) is 20.0. The Bertz CT molecular complexity index is 909. The molecule has 4 atom stereocenters. The van der Waals surface area contributed by atoms with E-state index in [1.165, 1.54) is 23.8 Å². The Labute approximate surface area is 173 Å². The lowest BCUT2D eigenvalue weighted by atomic mass is 9.82. The number of aromatic nitrogens is 1. The molecule has 2 aromatic rings. The molecule has 0 radical (unpaired) electrons. The van der Waals surface area contributed by atoms with E-state index in [1.54, 1.807) is 0 Å². The Hall–Kier alpha value is -2.34. The van der Waals surface area contributed by atoms with Crippen LogP contribution in [0, 0.1) is 11.8 Å². The summed E-state index contributed by atoms with van der Waals surface area (Å²) in [4.78, 5) is 14.4. The molecule has 3 aliphatic rings. The minimum absolute atomic E-state index is 0.477. The molecule has 4 unspecified atom stereocenters. The van der Waals surface area contributed by atoms with Crippen LogP contribution in [0.1, 0.15) is 25.3 Å². The fourth-order valence-electron chi connectivity index (χ4n) is 5.31. The van der Waals surface area contributed by atoms with Crippen molar-refractivity contribution in [2.75, 3.05) is 38.6 Å². The van der Waals surface area contributed by atoms with E-state index in [0.29, 0.717) is 30.6 Å². The lowest BCUT2D eigenvalue weighted by Gasteiger charge is -2.23. The Morgan fingerprint density at radius 1 is 1.21 bits per heavy atom. The zero-order valence-electron chi connectivity index (χ0n) is 17.6. The minimum atomic E-state index is 0.477. The van der Waals surface area contributed by atoms with Gasteiger partial charge in [-0.25, -0.2) is 9.98 Å². The highest BCUT2D eigenvalue weighted by atomic mass is 16.5. The molecule has 1 aromatic heterocycles. The number of nitrogens with one attached hydrogen (secondary N) is 1. The van der Waals surface area contributed by atoms with Gasteiger partial charge in [0.15, 0.2) is 5.96 Å². The van der Waals surface area contributed by atoms with Crippen LogP contribution in [0.5, 0.6) is 0 Å². The van der Waals surface area contributed by atoms with E-state index < -0.39 is 0 Å². The number of hydrogen-bond acceptors (Lipinski definition) is 4. The van der Waals surface area contributed by atoms with Gasteiger partial charge in [0.2, 0.25) is 0 Å². The van der Waals surface area contributed by atoms with Gasteiger partial charge in [0.1, 0.15) is 5.82 Å². The maximum atomic E-state index is 6.14. The number of aliphatic imine (C=N–C) groups is 1. The second kappa shape index (κ2) is 7.48. The fraction of sp³-hybridized carbons (Fsp3) is 0.565. The Balaban J connectivity index is 1.41. The molecule has 0 spiro atoms. The normalized spacial score (nSPS) is 28.2. The van der Waals surface area contributed by atoms with Gasteiger partial charge in [-0.3, -0.25) is 0 Å². The molecule has 3 saturated heterocycles. The summed E-state index contributed by atoms with van der Waals surface area (Å²) in [6.45, 7) is 5.82. The van der Waals surface area contributed by atoms with Crippen molar-refractivity contribution in [3.63, 3.8) is 0 Å². The molecule has 154 valence electrons. The molecular formula is C23H31N5O. The lowest BCUT2D eigenvalue weighted by molar-refractivity contribution is 0.0767. The second-order valence-corrected chi connectivity index (χ2v) is 8.74. The fourth-order valence-corrected chi connectivity index (χ4v) is 5.31. The molecule has 4 heterocycles. The van der Waals surface area contributed by atoms with Crippen LogP contribution in [0.3, 0.4) is 0 Å². The summed E-state index contributed by atoms with van der Waals surface area (Å²) in [5.74, 6) is 3.37. The predicted molar refractivity (Wildman–Crippen MR) is 117 cm³/mol. The topological polar surface area (TPSA) is 53.0 Å². The lowest BCUT2D eigenvalue weighted by Crippen LogP contribution is -2.41. The first-order valence-corrected chi connectivity index (χ1v) is 10.9. The summed E-state index contributed by atoms with van der Waals surface area (Å²) in [6, 6.07) is 10.5. The number of anilines is 1. The summed E-state index contributed by atoms with van der Waals surface area (Å²) < 4.78 is 6.14. The number of para-hydroxylation sites is 1. The van der Waals surface area contributed by atoms with Gasteiger partial charge in [0, 0.05) is 51.0 Å². The van der Waals surface area contributed by atoms with Crippen molar-refractivity contribution < 1.29 is 4.74 Å². The molecule has 3 aliphatic heterocycles. The van der Waals surface area contributed by atoms with Gasteiger partial charge < -0.3 is 19.9 Å². The van der Waals surface area contributed by atoms with Crippen LogP contribution >= 0.6 is 0 Å². The SMILES string of the molecule is CCNC(=NCc1cc(N(C)C)nc2ccccc12)N1CC2C3CCC(O3)C2C1. The number of ether oxygens (including phenoxy) is 1. The third-order valence-corrected chi connectivity index (χ3v) is 6.73. The van der Waals surface area contributed by atoms with Crippen molar-refractivity contribution >= 4 is 22.7 Å². The number of fused-ring (bicyclic) bond motifs is 6. The van der Waals surface area contributed by atoms with Gasteiger partial charge in [-0.1, -0.05) is 18.2 Å². The third-order valence-electron chi connectivity index (χ3n) is 6.73. The van der Waals surface area contributed by atoms with Gasteiger partial charge in [0.05, 0.1) is 24.3 Å². The van der Waals surface area contributed by atoms with Gasteiger partial charge in [0.25, 0.3) is 0 Å². The smallest absolute Gasteiger partial charge is 0.194 e. The van der Waals surface area contributed by atoms with Crippen LogP contribution in [0.25, 0.3) is 10.9 Å². The molecule has 0 aliphatic carbocycles. The maximum absolute atomic E-state index is 6.14. The summed E-state index contributed by atoms with van der Waals surface area (Å²) in [6.07, 6.45) is 3.43. The number of likely N-dealkylation sites (tertiary alicyclic amines) is 1. The molecule has 2 bridgehead atoms.